The molecule has 0 spiro atoms. The van der Waals surface area contributed by atoms with Gasteiger partial charge in [0, 0.05) is 24.4 Å². The molecule has 84 valence electrons. The highest BCUT2D eigenvalue weighted by molar-refractivity contribution is 5.29. The zero-order valence-corrected chi connectivity index (χ0v) is 8.12. The lowest BCUT2D eigenvalue weighted by atomic mass is 10.0. The highest BCUT2D eigenvalue weighted by Gasteiger charge is 2.27. The van der Waals surface area contributed by atoms with E-state index >= 15 is 0 Å². The number of hydroxylamine groups is 6. The van der Waals surface area contributed by atoms with Gasteiger partial charge in [0.25, 0.3) is 0 Å². The smallest absolute Gasteiger partial charge is 0.0853 e. The van der Waals surface area contributed by atoms with Crippen LogP contribution >= 0.6 is 0 Å². The molecule has 0 aromatic heterocycles. The second-order valence-corrected chi connectivity index (χ2v) is 3.25. The van der Waals surface area contributed by atoms with Crippen LogP contribution < -0.4 is 0 Å². The molecule has 7 nitrogen and oxygen atoms in total. The largest absolute Gasteiger partial charge is 0.759 e. The van der Waals surface area contributed by atoms with E-state index in [1.807, 2.05) is 0 Å². The zero-order valence-electron chi connectivity index (χ0n) is 8.12. The van der Waals surface area contributed by atoms with Gasteiger partial charge in [0.2, 0.25) is 0 Å². The Balaban J connectivity index is 2.18. The molecule has 1 atom stereocenters. The SMILES string of the molecule is CCN([O-])C1=CC2C(=CC1)N([O-])ON2[O-]. The van der Waals surface area contributed by atoms with Crippen molar-refractivity contribution in [3.63, 3.8) is 0 Å². The molecule has 7 heteroatoms. The molecule has 0 N–H and O–H groups in total. The minimum absolute atomic E-state index is 0.173. The molecule has 15 heavy (non-hydrogen) atoms. The topological polar surface area (TPSA) is 88.1 Å². The molecule has 0 aromatic rings. The molecule has 2 rings (SSSR count). The number of nitrogens with zero attached hydrogens (tertiary/aromatic N) is 3. The van der Waals surface area contributed by atoms with Crippen molar-refractivity contribution >= 4 is 0 Å². The molecule has 1 aliphatic heterocycles. The average Bonchev–Trinajstić information content (AvgIpc) is 2.53. The fourth-order valence-corrected chi connectivity index (χ4v) is 1.58. The Morgan fingerprint density at radius 3 is 3.00 bits per heavy atom. The van der Waals surface area contributed by atoms with Crippen molar-refractivity contribution in [3.05, 3.63) is 39.2 Å². The van der Waals surface area contributed by atoms with Crippen molar-refractivity contribution in [1.82, 2.24) is 15.5 Å². The number of fused-ring (bicyclic) bond motifs is 1. The number of rotatable bonds is 2. The molecule has 0 amide bonds. The van der Waals surface area contributed by atoms with Gasteiger partial charge in [-0.15, -0.1) is 0 Å². The van der Waals surface area contributed by atoms with Crippen LogP contribution in [0.4, 0.5) is 0 Å². The van der Waals surface area contributed by atoms with Gasteiger partial charge < -0.3 is 25.9 Å². The van der Waals surface area contributed by atoms with E-state index in [2.05, 4.69) is 4.94 Å². The molecule has 1 unspecified atom stereocenters. The summed E-state index contributed by atoms with van der Waals surface area (Å²) in [7, 11) is 0. The van der Waals surface area contributed by atoms with Crippen LogP contribution in [-0.4, -0.2) is 28.1 Å². The maximum Gasteiger partial charge on any atom is 0.0853 e. The molecule has 0 radical (unpaired) electrons. The van der Waals surface area contributed by atoms with Crippen molar-refractivity contribution < 1.29 is 4.94 Å². The third-order valence-electron chi connectivity index (χ3n) is 2.37. The van der Waals surface area contributed by atoms with Gasteiger partial charge in [0.15, 0.2) is 0 Å². The average molecular weight is 212 g/mol. The van der Waals surface area contributed by atoms with Crippen LogP contribution in [0.25, 0.3) is 0 Å². The molecule has 2 aliphatic rings. The van der Waals surface area contributed by atoms with Gasteiger partial charge in [0.1, 0.15) is 0 Å². The molecule has 0 bridgehead atoms. The van der Waals surface area contributed by atoms with E-state index in [9.17, 15) is 15.6 Å². The van der Waals surface area contributed by atoms with Crippen LogP contribution in [-0.2, 0) is 4.94 Å². The van der Waals surface area contributed by atoms with Gasteiger partial charge in [-0.2, -0.15) is 0 Å². The lowest BCUT2D eigenvalue weighted by Crippen LogP contribution is -2.26. The van der Waals surface area contributed by atoms with Crippen LogP contribution in [0.5, 0.6) is 0 Å². The summed E-state index contributed by atoms with van der Waals surface area (Å²) in [5.74, 6) is 0. The third-order valence-corrected chi connectivity index (χ3v) is 2.37. The van der Waals surface area contributed by atoms with Gasteiger partial charge in [-0.3, -0.25) is 0 Å². The van der Waals surface area contributed by atoms with Gasteiger partial charge in [-0.1, -0.05) is 6.08 Å². The number of hydrogen-bond donors (Lipinski definition) is 0. The molecular formula is C8H10N3O4-3. The van der Waals surface area contributed by atoms with Crippen LogP contribution in [0, 0.1) is 15.6 Å². The molecular weight excluding hydrogens is 202 g/mol. The predicted molar refractivity (Wildman–Crippen MR) is 51.8 cm³/mol. The standard InChI is InChI=1S/C8H10N3O4/c1-2-9(12)6-3-4-7-8(5-6)11(14)15-10(7)13/h4-5,8H,2-3H2,1H3/q-3. The second-order valence-electron chi connectivity index (χ2n) is 3.25. The second kappa shape index (κ2) is 3.80. The predicted octanol–water partition coefficient (Wildman–Crippen LogP) is 0.806. The van der Waals surface area contributed by atoms with Crippen molar-refractivity contribution in [2.75, 3.05) is 6.54 Å². The Bertz CT molecular complexity index is 317. The van der Waals surface area contributed by atoms with Crippen LogP contribution in [0.15, 0.2) is 23.5 Å². The minimum atomic E-state index is -0.797. The summed E-state index contributed by atoms with van der Waals surface area (Å²) in [4.78, 5) is 4.29. The highest BCUT2D eigenvalue weighted by Crippen LogP contribution is 2.31. The fourth-order valence-electron chi connectivity index (χ4n) is 1.58. The van der Waals surface area contributed by atoms with Crippen LogP contribution in [0.3, 0.4) is 0 Å². The molecule has 1 heterocycles. The Hall–Kier alpha value is -1.12. The minimum Gasteiger partial charge on any atom is -0.759 e. The summed E-state index contributed by atoms with van der Waals surface area (Å²) in [6, 6.07) is -0.797. The summed E-state index contributed by atoms with van der Waals surface area (Å²) in [6.07, 6.45) is 3.33. The first-order chi connectivity index (χ1) is 7.13. The van der Waals surface area contributed by atoms with Crippen LogP contribution in [0.2, 0.25) is 0 Å². The lowest BCUT2D eigenvalue weighted by molar-refractivity contribution is -0.220. The van der Waals surface area contributed by atoms with E-state index in [1.165, 1.54) is 12.2 Å². The number of allylic oxidation sites excluding steroid dienone is 1. The van der Waals surface area contributed by atoms with Crippen molar-refractivity contribution in [3.8, 4) is 0 Å². The Morgan fingerprint density at radius 1 is 1.60 bits per heavy atom. The molecule has 0 saturated carbocycles. The maximum atomic E-state index is 11.3. The van der Waals surface area contributed by atoms with Gasteiger partial charge in [-0.25, -0.2) is 10.2 Å². The third kappa shape index (κ3) is 1.71. The van der Waals surface area contributed by atoms with Crippen LogP contribution in [0.1, 0.15) is 13.3 Å². The molecule has 1 aliphatic carbocycles. The first kappa shape index (κ1) is 10.4. The van der Waals surface area contributed by atoms with Crippen molar-refractivity contribution in [2.45, 2.75) is 19.4 Å². The van der Waals surface area contributed by atoms with Gasteiger partial charge >= 0.3 is 0 Å². The Morgan fingerprint density at radius 2 is 2.33 bits per heavy atom. The van der Waals surface area contributed by atoms with E-state index in [1.54, 1.807) is 6.92 Å². The Labute approximate surface area is 86.4 Å². The summed E-state index contributed by atoms with van der Waals surface area (Å²) < 4.78 is 0. The van der Waals surface area contributed by atoms with Gasteiger partial charge in [0.05, 0.1) is 6.04 Å². The molecule has 1 saturated heterocycles. The monoisotopic (exact) mass is 212 g/mol. The maximum absolute atomic E-state index is 11.3. The van der Waals surface area contributed by atoms with Crippen molar-refractivity contribution in [1.29, 1.82) is 0 Å². The first-order valence-corrected chi connectivity index (χ1v) is 4.60. The molecule has 0 aromatic carbocycles. The normalized spacial score (nSPS) is 26.1. The van der Waals surface area contributed by atoms with Gasteiger partial charge in [-0.05, 0) is 13.0 Å². The quantitative estimate of drug-likeness (QED) is 0.625. The summed E-state index contributed by atoms with van der Waals surface area (Å²) in [6.45, 7) is 2.02. The fraction of sp³-hybridized carbons (Fsp3) is 0.500. The molecule has 1 fully saturated rings. The van der Waals surface area contributed by atoms with Crippen molar-refractivity contribution in [2.24, 2.45) is 0 Å². The summed E-state index contributed by atoms with van der Waals surface area (Å²) >= 11 is 0. The zero-order chi connectivity index (χ0) is 11.0. The van der Waals surface area contributed by atoms with E-state index < -0.39 is 6.04 Å². The summed E-state index contributed by atoms with van der Waals surface area (Å²) in [5, 5.41) is 34.6. The lowest BCUT2D eigenvalue weighted by Gasteiger charge is -2.35. The van der Waals surface area contributed by atoms with E-state index in [4.69, 9.17) is 0 Å². The van der Waals surface area contributed by atoms with E-state index in [0.717, 1.165) is 5.06 Å². The van der Waals surface area contributed by atoms with E-state index in [-0.39, 0.29) is 16.2 Å². The Kier molecular flexibility index (Phi) is 2.63. The summed E-state index contributed by atoms with van der Waals surface area (Å²) in [5.41, 5.74) is 0.712. The highest BCUT2D eigenvalue weighted by atomic mass is 17.1. The first-order valence-electron chi connectivity index (χ1n) is 4.60. The number of hydrogen-bond acceptors (Lipinski definition) is 7. The van der Waals surface area contributed by atoms with E-state index in [0.29, 0.717) is 18.7 Å².